The first-order valence-corrected chi connectivity index (χ1v) is 13.6. The van der Waals surface area contributed by atoms with Crippen LogP contribution >= 0.6 is 0 Å². The van der Waals surface area contributed by atoms with Crippen LogP contribution in [0, 0.1) is 5.92 Å². The minimum atomic E-state index is -1.34. The molecule has 0 radical (unpaired) electrons. The predicted octanol–water partition coefficient (Wildman–Crippen LogP) is 1.39. The standard InChI is InChI=1S/C28H46N4O6/c1-19(2)13-10-8-6-5-7-9-11-15-24(36)31-25(21(4)33)27(37)32-26-22(34)14-12-18-29-23(35)17-16-20(3)30-28(26)38/h7,9,11,15-17,19-22,25-26,33-34H,5-6,8,10,12-14,18H2,1-4H3,(H,29,35)(H,30,38)(H,31,36)(H,32,37)/b9-7+,15-11+,17-16-/t20-,21+,22-,25-,26-/m0/s1. The lowest BCUT2D eigenvalue weighted by Gasteiger charge is -2.28. The van der Waals surface area contributed by atoms with Gasteiger partial charge < -0.3 is 31.5 Å². The summed E-state index contributed by atoms with van der Waals surface area (Å²) in [6.07, 6.45) is 13.0. The Hall–Kier alpha value is -2.98. The van der Waals surface area contributed by atoms with Gasteiger partial charge in [0.1, 0.15) is 12.1 Å². The Morgan fingerprint density at radius 3 is 2.58 bits per heavy atom. The third-order valence-corrected chi connectivity index (χ3v) is 6.06. The van der Waals surface area contributed by atoms with E-state index in [0.29, 0.717) is 18.9 Å². The molecule has 0 aliphatic carbocycles. The van der Waals surface area contributed by atoms with Crippen LogP contribution in [-0.4, -0.2) is 70.7 Å². The Kier molecular flexibility index (Phi) is 15.9. The molecule has 1 aliphatic rings. The summed E-state index contributed by atoms with van der Waals surface area (Å²) >= 11 is 0. The van der Waals surface area contributed by atoms with E-state index >= 15 is 0 Å². The first-order valence-electron chi connectivity index (χ1n) is 13.6. The number of allylic oxidation sites excluding steroid dienone is 3. The van der Waals surface area contributed by atoms with Crippen LogP contribution in [0.2, 0.25) is 0 Å². The smallest absolute Gasteiger partial charge is 0.246 e. The van der Waals surface area contributed by atoms with E-state index in [0.717, 1.165) is 19.3 Å². The second-order valence-corrected chi connectivity index (χ2v) is 10.2. The van der Waals surface area contributed by atoms with Crippen LogP contribution < -0.4 is 21.3 Å². The average Bonchev–Trinajstić information content (AvgIpc) is 2.84. The Bertz CT molecular complexity index is 852. The highest BCUT2D eigenvalue weighted by Crippen LogP contribution is 2.10. The molecule has 4 amide bonds. The zero-order chi connectivity index (χ0) is 28.5. The van der Waals surface area contributed by atoms with Gasteiger partial charge in [0, 0.05) is 24.7 Å². The van der Waals surface area contributed by atoms with E-state index in [1.54, 1.807) is 19.1 Å². The minimum Gasteiger partial charge on any atom is -0.391 e. The Labute approximate surface area is 226 Å². The van der Waals surface area contributed by atoms with Gasteiger partial charge in [-0.2, -0.15) is 0 Å². The number of aliphatic hydroxyl groups is 2. The molecule has 0 saturated heterocycles. The molecular weight excluding hydrogens is 488 g/mol. The van der Waals surface area contributed by atoms with Crippen LogP contribution in [0.25, 0.3) is 0 Å². The number of carbonyl (C=O) groups excluding carboxylic acids is 4. The number of rotatable bonds is 12. The van der Waals surface area contributed by atoms with Gasteiger partial charge in [0.2, 0.25) is 23.6 Å². The number of hydrogen-bond donors (Lipinski definition) is 6. The van der Waals surface area contributed by atoms with Gasteiger partial charge in [0.05, 0.1) is 12.2 Å². The fourth-order valence-corrected chi connectivity index (χ4v) is 3.84. The maximum Gasteiger partial charge on any atom is 0.246 e. The molecule has 214 valence electrons. The second kappa shape index (κ2) is 18.3. The van der Waals surface area contributed by atoms with Crippen molar-refractivity contribution < 1.29 is 29.4 Å². The maximum atomic E-state index is 12.9. The fourth-order valence-electron chi connectivity index (χ4n) is 3.84. The van der Waals surface area contributed by atoms with Gasteiger partial charge in [-0.3, -0.25) is 19.2 Å². The summed E-state index contributed by atoms with van der Waals surface area (Å²) in [5, 5.41) is 31.0. The van der Waals surface area contributed by atoms with E-state index < -0.39 is 48.1 Å². The van der Waals surface area contributed by atoms with E-state index in [-0.39, 0.29) is 12.3 Å². The lowest BCUT2D eigenvalue weighted by Crippen LogP contribution is -2.60. The summed E-state index contributed by atoms with van der Waals surface area (Å²) in [4.78, 5) is 49.8. The molecule has 10 heteroatoms. The highest BCUT2D eigenvalue weighted by molar-refractivity contribution is 5.95. The van der Waals surface area contributed by atoms with Crippen molar-refractivity contribution in [3.05, 3.63) is 36.5 Å². The van der Waals surface area contributed by atoms with Gasteiger partial charge in [-0.15, -0.1) is 0 Å². The van der Waals surface area contributed by atoms with E-state index in [1.807, 2.05) is 6.08 Å². The number of aliphatic hydroxyl groups excluding tert-OH is 2. The van der Waals surface area contributed by atoms with Crippen molar-refractivity contribution in [2.75, 3.05) is 6.54 Å². The largest absolute Gasteiger partial charge is 0.391 e. The average molecular weight is 535 g/mol. The zero-order valence-electron chi connectivity index (χ0n) is 23.1. The van der Waals surface area contributed by atoms with Crippen molar-refractivity contribution in [3.63, 3.8) is 0 Å². The monoisotopic (exact) mass is 534 g/mol. The molecule has 0 aromatic carbocycles. The van der Waals surface area contributed by atoms with Crippen LogP contribution in [0.15, 0.2) is 36.5 Å². The highest BCUT2D eigenvalue weighted by atomic mass is 16.3. The normalized spacial score (nSPS) is 23.7. The van der Waals surface area contributed by atoms with Crippen LogP contribution in [-0.2, 0) is 19.2 Å². The number of nitrogens with one attached hydrogen (secondary N) is 4. The maximum absolute atomic E-state index is 12.9. The summed E-state index contributed by atoms with van der Waals surface area (Å²) in [6.45, 7) is 7.71. The Morgan fingerprint density at radius 2 is 1.89 bits per heavy atom. The van der Waals surface area contributed by atoms with Gasteiger partial charge in [-0.05, 0) is 45.4 Å². The lowest BCUT2D eigenvalue weighted by atomic mass is 10.0. The number of hydrogen-bond acceptors (Lipinski definition) is 6. The lowest BCUT2D eigenvalue weighted by molar-refractivity contribution is -0.135. The van der Waals surface area contributed by atoms with Crippen LogP contribution in [0.3, 0.4) is 0 Å². The molecular formula is C28H46N4O6. The number of amides is 4. The molecule has 0 spiro atoms. The molecule has 0 bridgehead atoms. The van der Waals surface area contributed by atoms with Crippen molar-refractivity contribution in [1.82, 2.24) is 21.3 Å². The summed E-state index contributed by atoms with van der Waals surface area (Å²) in [6, 6.07) is -3.19. The van der Waals surface area contributed by atoms with Crippen LogP contribution in [0.4, 0.5) is 0 Å². The number of carbonyl (C=O) groups is 4. The summed E-state index contributed by atoms with van der Waals surface area (Å²) in [7, 11) is 0. The molecule has 0 fully saturated rings. The third-order valence-electron chi connectivity index (χ3n) is 6.06. The molecule has 1 aliphatic heterocycles. The minimum absolute atomic E-state index is 0.134. The Morgan fingerprint density at radius 1 is 1.16 bits per heavy atom. The molecule has 0 saturated carbocycles. The summed E-state index contributed by atoms with van der Waals surface area (Å²) in [5.74, 6) is -1.61. The van der Waals surface area contributed by atoms with Crippen molar-refractivity contribution >= 4 is 23.6 Å². The van der Waals surface area contributed by atoms with Crippen molar-refractivity contribution in [1.29, 1.82) is 0 Å². The first-order chi connectivity index (χ1) is 18.0. The molecule has 1 rings (SSSR count). The quantitative estimate of drug-likeness (QED) is 0.126. The molecule has 10 nitrogen and oxygen atoms in total. The number of unbranched alkanes of at least 4 members (excludes halogenated alkanes) is 3. The zero-order valence-corrected chi connectivity index (χ0v) is 23.1. The molecule has 1 heterocycles. The van der Waals surface area contributed by atoms with Crippen LogP contribution in [0.1, 0.15) is 72.6 Å². The van der Waals surface area contributed by atoms with Gasteiger partial charge in [0.25, 0.3) is 0 Å². The van der Waals surface area contributed by atoms with E-state index in [9.17, 15) is 29.4 Å². The highest BCUT2D eigenvalue weighted by Gasteiger charge is 2.33. The van der Waals surface area contributed by atoms with Gasteiger partial charge in [0.15, 0.2) is 0 Å². The molecule has 5 atom stereocenters. The van der Waals surface area contributed by atoms with Gasteiger partial charge in [-0.25, -0.2) is 0 Å². The van der Waals surface area contributed by atoms with E-state index in [2.05, 4.69) is 35.1 Å². The molecule has 0 unspecified atom stereocenters. The van der Waals surface area contributed by atoms with Crippen molar-refractivity contribution in [3.8, 4) is 0 Å². The van der Waals surface area contributed by atoms with Crippen molar-refractivity contribution in [2.24, 2.45) is 5.92 Å². The van der Waals surface area contributed by atoms with E-state index in [4.69, 9.17) is 0 Å². The first kappa shape index (κ1) is 33.0. The third kappa shape index (κ3) is 14.1. The topological polar surface area (TPSA) is 157 Å². The van der Waals surface area contributed by atoms with Gasteiger partial charge in [-0.1, -0.05) is 57.4 Å². The summed E-state index contributed by atoms with van der Waals surface area (Å²) < 4.78 is 0. The molecule has 38 heavy (non-hydrogen) atoms. The molecule has 0 aromatic rings. The Balaban J connectivity index is 2.71. The predicted molar refractivity (Wildman–Crippen MR) is 147 cm³/mol. The molecule has 6 N–H and O–H groups in total. The second-order valence-electron chi connectivity index (χ2n) is 10.2. The SMILES string of the molecule is CC(C)CCCCC/C=C/C=C/C(=O)N[C@H](C(=O)N[C@@H]1C(=O)N[C@@H](C)/C=C\C(=O)NCCC[C@@H]1O)[C@@H](C)O. The van der Waals surface area contributed by atoms with E-state index in [1.165, 1.54) is 38.0 Å². The van der Waals surface area contributed by atoms with Crippen molar-refractivity contribution in [2.45, 2.75) is 103 Å². The molecule has 0 aromatic heterocycles. The fraction of sp³-hybridized carbons (Fsp3) is 0.643. The van der Waals surface area contributed by atoms with Gasteiger partial charge >= 0.3 is 0 Å². The summed E-state index contributed by atoms with van der Waals surface area (Å²) in [5.41, 5.74) is 0. The van der Waals surface area contributed by atoms with Crippen LogP contribution in [0.5, 0.6) is 0 Å².